The minimum Gasteiger partial charge on any atom is -0.461 e. The molecule has 6 rings (SSSR count). The maximum absolute atomic E-state index is 6.87. The molecule has 35 heavy (non-hydrogen) atoms. The topological polar surface area (TPSA) is 25.6 Å². The third kappa shape index (κ3) is 3.99. The van der Waals surface area contributed by atoms with Gasteiger partial charge in [-0.25, -0.2) is 5.06 Å². The van der Waals surface area contributed by atoms with Crippen LogP contribution < -0.4 is 5.06 Å². The highest BCUT2D eigenvalue weighted by atomic mass is 79.9. The number of fused-ring (bicyclic) bond motifs is 1. The van der Waals surface area contributed by atoms with E-state index in [1.807, 2.05) is 42.3 Å². The van der Waals surface area contributed by atoms with Gasteiger partial charge in [-0.2, -0.15) is 0 Å². The molecule has 0 amide bonds. The van der Waals surface area contributed by atoms with Gasteiger partial charge in [-0.05, 0) is 42.3 Å². The van der Waals surface area contributed by atoms with Crippen LogP contribution in [0.3, 0.4) is 0 Å². The molecule has 1 aliphatic heterocycles. The van der Waals surface area contributed by atoms with E-state index in [0.29, 0.717) is 0 Å². The first kappa shape index (κ1) is 21.9. The summed E-state index contributed by atoms with van der Waals surface area (Å²) in [6.45, 7) is 2.04. The minimum atomic E-state index is -0.292. The molecule has 1 aliphatic rings. The molecule has 2 heterocycles. The van der Waals surface area contributed by atoms with E-state index in [0.717, 1.165) is 49.5 Å². The van der Waals surface area contributed by atoms with E-state index in [9.17, 15) is 0 Å². The van der Waals surface area contributed by atoms with E-state index >= 15 is 0 Å². The summed E-state index contributed by atoms with van der Waals surface area (Å²) in [4.78, 5) is 6.87. The van der Waals surface area contributed by atoms with Crippen molar-refractivity contribution in [1.29, 1.82) is 0 Å². The molecule has 0 unspecified atom stereocenters. The first-order chi connectivity index (χ1) is 17.2. The van der Waals surface area contributed by atoms with E-state index < -0.39 is 0 Å². The van der Waals surface area contributed by atoms with Gasteiger partial charge in [0.05, 0.1) is 5.69 Å². The van der Waals surface area contributed by atoms with Crippen molar-refractivity contribution >= 4 is 21.6 Å². The lowest BCUT2D eigenvalue weighted by molar-refractivity contribution is 0.0307. The summed E-state index contributed by atoms with van der Waals surface area (Å²) < 4.78 is 7.59. The Hall–Kier alpha value is -3.60. The summed E-state index contributed by atoms with van der Waals surface area (Å²) in [5.74, 6) is 1.76. The van der Waals surface area contributed by atoms with Crippen molar-refractivity contribution in [1.82, 2.24) is 0 Å². The number of hydrogen-bond donors (Lipinski definition) is 0. The number of hydroxylamine groups is 1. The van der Waals surface area contributed by atoms with Crippen LogP contribution in [0.5, 0.6) is 0 Å². The molecular formula is C31H24BrNO2. The molecule has 0 radical (unpaired) electrons. The van der Waals surface area contributed by atoms with Crippen LogP contribution in [0.1, 0.15) is 40.2 Å². The number of anilines is 1. The van der Waals surface area contributed by atoms with Crippen LogP contribution in [-0.4, -0.2) is 0 Å². The van der Waals surface area contributed by atoms with Gasteiger partial charge in [0.25, 0.3) is 0 Å². The van der Waals surface area contributed by atoms with Crippen molar-refractivity contribution in [3.05, 3.63) is 148 Å². The normalized spacial score (nSPS) is 17.3. The third-order valence-corrected chi connectivity index (χ3v) is 7.02. The fraction of sp³-hybridized carbons (Fsp3) is 0.0968. The highest BCUT2D eigenvalue weighted by molar-refractivity contribution is 9.10. The second kappa shape index (κ2) is 9.21. The SMILES string of the molecule is Cc1oc(-c2ccccc2)c2c1[C@H](c1ccccc1)ON(c1ccccc1)[C@@H]2c1ccc(Br)cc1. The summed E-state index contributed by atoms with van der Waals surface area (Å²) in [5.41, 5.74) is 6.50. The van der Waals surface area contributed by atoms with Crippen LogP contribution in [0.15, 0.2) is 124 Å². The maximum atomic E-state index is 6.87. The number of furan rings is 1. The smallest absolute Gasteiger partial charge is 0.140 e. The Bertz CT molecular complexity index is 1430. The van der Waals surface area contributed by atoms with Crippen molar-refractivity contribution in [3.63, 3.8) is 0 Å². The van der Waals surface area contributed by atoms with Gasteiger partial charge < -0.3 is 4.42 Å². The molecule has 0 saturated carbocycles. The second-order valence-corrected chi connectivity index (χ2v) is 9.61. The maximum Gasteiger partial charge on any atom is 0.140 e. The highest BCUT2D eigenvalue weighted by Gasteiger charge is 2.42. The molecule has 0 spiro atoms. The van der Waals surface area contributed by atoms with Crippen molar-refractivity contribution in [2.75, 3.05) is 5.06 Å². The fourth-order valence-electron chi connectivity index (χ4n) is 4.91. The zero-order valence-electron chi connectivity index (χ0n) is 19.3. The van der Waals surface area contributed by atoms with Gasteiger partial charge in [0.2, 0.25) is 0 Å². The lowest BCUT2D eigenvalue weighted by Crippen LogP contribution is -2.37. The predicted octanol–water partition coefficient (Wildman–Crippen LogP) is 8.65. The molecule has 4 heteroatoms. The lowest BCUT2D eigenvalue weighted by Gasteiger charge is -2.41. The highest BCUT2D eigenvalue weighted by Crippen LogP contribution is 2.51. The second-order valence-electron chi connectivity index (χ2n) is 8.69. The summed E-state index contributed by atoms with van der Waals surface area (Å²) in [6.07, 6.45) is -0.292. The van der Waals surface area contributed by atoms with Crippen LogP contribution in [0.25, 0.3) is 11.3 Å². The molecule has 0 N–H and O–H groups in total. The van der Waals surface area contributed by atoms with Gasteiger partial charge in [0, 0.05) is 21.2 Å². The molecule has 4 aromatic carbocycles. The van der Waals surface area contributed by atoms with Crippen molar-refractivity contribution < 1.29 is 9.25 Å². The number of nitrogens with zero attached hydrogens (tertiary/aromatic N) is 1. The van der Waals surface area contributed by atoms with Crippen molar-refractivity contribution in [2.45, 2.75) is 19.1 Å². The zero-order valence-corrected chi connectivity index (χ0v) is 20.9. The zero-order chi connectivity index (χ0) is 23.8. The van der Waals surface area contributed by atoms with Crippen molar-refractivity contribution in [2.24, 2.45) is 0 Å². The van der Waals surface area contributed by atoms with Crippen LogP contribution >= 0.6 is 15.9 Å². The van der Waals surface area contributed by atoms with Gasteiger partial charge in [0.15, 0.2) is 0 Å². The first-order valence-corrected chi connectivity index (χ1v) is 12.5. The Balaban J connectivity index is 1.65. The fourth-order valence-corrected chi connectivity index (χ4v) is 5.17. The molecule has 0 saturated heterocycles. The van der Waals surface area contributed by atoms with E-state index in [1.54, 1.807) is 0 Å². The minimum absolute atomic E-state index is 0.187. The molecule has 5 aromatic rings. The molecule has 172 valence electrons. The monoisotopic (exact) mass is 521 g/mol. The number of benzene rings is 4. The summed E-state index contributed by atoms with van der Waals surface area (Å²) in [7, 11) is 0. The Kier molecular flexibility index (Phi) is 5.77. The molecule has 3 nitrogen and oxygen atoms in total. The van der Waals surface area contributed by atoms with Crippen LogP contribution in [0.4, 0.5) is 5.69 Å². The lowest BCUT2D eigenvalue weighted by atomic mass is 9.87. The molecule has 2 atom stereocenters. The summed E-state index contributed by atoms with van der Waals surface area (Å²) >= 11 is 3.59. The standard InChI is InChI=1S/C31H24BrNO2/c1-21-27-28(30(34-21)23-11-5-2-6-12-23)29(22-17-19-25(32)20-18-22)33(26-15-9-4-10-16-26)35-31(27)24-13-7-3-8-14-24/h2-20,29,31H,1H3/t29-,31+/m1/s1. The van der Waals surface area contributed by atoms with Crippen LogP contribution in [0, 0.1) is 6.92 Å². The number of rotatable bonds is 4. The predicted molar refractivity (Wildman–Crippen MR) is 143 cm³/mol. The quantitative estimate of drug-likeness (QED) is 0.236. The average molecular weight is 522 g/mol. The van der Waals surface area contributed by atoms with Gasteiger partial charge in [0.1, 0.15) is 23.7 Å². The van der Waals surface area contributed by atoms with Gasteiger partial charge in [-0.3, -0.25) is 4.84 Å². The largest absolute Gasteiger partial charge is 0.461 e. The number of para-hydroxylation sites is 1. The third-order valence-electron chi connectivity index (χ3n) is 6.49. The molecule has 1 aromatic heterocycles. The summed E-state index contributed by atoms with van der Waals surface area (Å²) in [6, 6.07) is 39.3. The Morgan fingerprint density at radius 2 is 1.26 bits per heavy atom. The molecular weight excluding hydrogens is 498 g/mol. The van der Waals surface area contributed by atoms with E-state index in [1.165, 1.54) is 0 Å². The Labute approximate surface area is 213 Å². The van der Waals surface area contributed by atoms with Gasteiger partial charge in [-0.15, -0.1) is 0 Å². The number of halogens is 1. The molecule has 0 bridgehead atoms. The summed E-state index contributed by atoms with van der Waals surface area (Å²) in [5, 5.41) is 2.05. The van der Waals surface area contributed by atoms with Crippen molar-refractivity contribution in [3.8, 4) is 11.3 Å². The van der Waals surface area contributed by atoms with Gasteiger partial charge >= 0.3 is 0 Å². The molecule has 0 fully saturated rings. The van der Waals surface area contributed by atoms with E-state index in [2.05, 4.69) is 101 Å². The number of aryl methyl sites for hydroxylation is 1. The first-order valence-electron chi connectivity index (χ1n) is 11.7. The Morgan fingerprint density at radius 1 is 0.657 bits per heavy atom. The molecule has 0 aliphatic carbocycles. The van der Waals surface area contributed by atoms with E-state index in [-0.39, 0.29) is 12.1 Å². The average Bonchev–Trinajstić information content (AvgIpc) is 3.27. The van der Waals surface area contributed by atoms with Crippen LogP contribution in [-0.2, 0) is 4.84 Å². The number of hydrogen-bond acceptors (Lipinski definition) is 3. The van der Waals surface area contributed by atoms with Gasteiger partial charge in [-0.1, -0.05) is 107 Å². The van der Waals surface area contributed by atoms with Crippen LogP contribution in [0.2, 0.25) is 0 Å². The van der Waals surface area contributed by atoms with E-state index in [4.69, 9.17) is 9.25 Å². The Morgan fingerprint density at radius 3 is 1.91 bits per heavy atom.